The number of rotatable bonds is 2. The molecule has 24 heavy (non-hydrogen) atoms. The Kier molecular flexibility index (Phi) is 2.91. The number of nitrogens with zero attached hydrogens (tertiary/aromatic N) is 3. The summed E-state index contributed by atoms with van der Waals surface area (Å²) in [7, 11) is 0. The van der Waals surface area contributed by atoms with Crippen LogP contribution in [0.3, 0.4) is 0 Å². The van der Waals surface area contributed by atoms with Crippen molar-refractivity contribution in [1.82, 2.24) is 19.5 Å². The Labute approximate surface area is 142 Å². The monoisotopic (exact) mass is 336 g/mol. The zero-order valence-electron chi connectivity index (χ0n) is 13.2. The van der Waals surface area contributed by atoms with E-state index in [2.05, 4.69) is 15.6 Å². The van der Waals surface area contributed by atoms with Crippen LogP contribution >= 0.6 is 11.3 Å². The highest BCUT2D eigenvalue weighted by molar-refractivity contribution is 7.16. The minimum atomic E-state index is -0.0224. The van der Waals surface area contributed by atoms with Gasteiger partial charge in [-0.2, -0.15) is 0 Å². The molecular formula is C18H16N4OS. The minimum Gasteiger partial charge on any atom is -0.312 e. The number of thiazole rings is 1. The van der Waals surface area contributed by atoms with Gasteiger partial charge in [-0.3, -0.25) is 9.36 Å². The molecule has 1 fully saturated rings. The van der Waals surface area contributed by atoms with Crippen molar-refractivity contribution in [1.29, 1.82) is 0 Å². The van der Waals surface area contributed by atoms with Crippen LogP contribution in [-0.4, -0.2) is 19.5 Å². The Bertz CT molecular complexity index is 1130. The Morgan fingerprint density at radius 2 is 2.08 bits per heavy atom. The van der Waals surface area contributed by atoms with E-state index < -0.39 is 0 Å². The third-order valence-corrected chi connectivity index (χ3v) is 5.65. The molecule has 5 rings (SSSR count). The first kappa shape index (κ1) is 13.9. The van der Waals surface area contributed by atoms with E-state index in [1.807, 2.05) is 31.2 Å². The lowest BCUT2D eigenvalue weighted by molar-refractivity contribution is 0.399. The predicted octanol–water partition coefficient (Wildman–Crippen LogP) is 3.90. The molecule has 120 valence electrons. The van der Waals surface area contributed by atoms with Crippen molar-refractivity contribution >= 4 is 32.7 Å². The average Bonchev–Trinajstić information content (AvgIpc) is 3.03. The predicted molar refractivity (Wildman–Crippen MR) is 96.2 cm³/mol. The summed E-state index contributed by atoms with van der Waals surface area (Å²) in [5.41, 5.74) is 4.73. The highest BCUT2D eigenvalue weighted by atomic mass is 32.1. The summed E-state index contributed by atoms with van der Waals surface area (Å²) in [5, 5.41) is 0. The van der Waals surface area contributed by atoms with Crippen molar-refractivity contribution in [3.63, 3.8) is 0 Å². The van der Waals surface area contributed by atoms with Crippen LogP contribution < -0.4 is 4.87 Å². The van der Waals surface area contributed by atoms with Crippen molar-refractivity contribution in [3.8, 4) is 5.69 Å². The molecule has 0 atom stereocenters. The van der Waals surface area contributed by atoms with E-state index in [4.69, 9.17) is 9.97 Å². The number of H-pyrrole nitrogens is 1. The molecule has 0 unspecified atom stereocenters. The van der Waals surface area contributed by atoms with Crippen molar-refractivity contribution < 1.29 is 0 Å². The molecule has 5 nitrogen and oxygen atoms in total. The van der Waals surface area contributed by atoms with Gasteiger partial charge in [0.25, 0.3) is 0 Å². The lowest BCUT2D eigenvalue weighted by atomic mass is 9.85. The smallest absolute Gasteiger partial charge is 0.305 e. The quantitative estimate of drug-likeness (QED) is 0.604. The number of hydrogen-bond acceptors (Lipinski definition) is 4. The maximum atomic E-state index is 11.6. The van der Waals surface area contributed by atoms with E-state index in [1.54, 1.807) is 0 Å². The Morgan fingerprint density at radius 3 is 2.88 bits per heavy atom. The first-order valence-corrected chi connectivity index (χ1v) is 9.00. The molecule has 1 aliphatic rings. The SMILES string of the molecule is Cc1ccc2nc(C3CCC3)n(-c3ccc4[nH]c(=O)sc4c3)c2n1. The molecule has 4 aromatic rings. The van der Waals surface area contributed by atoms with Gasteiger partial charge in [-0.25, -0.2) is 9.97 Å². The van der Waals surface area contributed by atoms with Crippen LogP contribution in [0.1, 0.15) is 36.7 Å². The number of pyridine rings is 1. The molecule has 1 saturated carbocycles. The van der Waals surface area contributed by atoms with Gasteiger partial charge in [-0.15, -0.1) is 0 Å². The summed E-state index contributed by atoms with van der Waals surface area (Å²) in [4.78, 5) is 24.0. The van der Waals surface area contributed by atoms with Crippen LogP contribution in [0.5, 0.6) is 0 Å². The Hall–Kier alpha value is -2.47. The standard InChI is InChI=1S/C18H16N4OS/c1-10-5-7-14-17(19-10)22(16(20-14)11-3-2-4-11)12-6-8-13-15(9-12)24-18(23)21-13/h5-9,11H,2-4H2,1H3,(H,21,23). The first-order valence-electron chi connectivity index (χ1n) is 8.18. The molecule has 3 heterocycles. The number of benzene rings is 1. The highest BCUT2D eigenvalue weighted by Gasteiger charge is 2.27. The lowest BCUT2D eigenvalue weighted by Crippen LogP contribution is -2.14. The van der Waals surface area contributed by atoms with Gasteiger partial charge in [0.15, 0.2) is 5.65 Å². The molecule has 6 heteroatoms. The number of aromatic nitrogens is 4. The van der Waals surface area contributed by atoms with Crippen molar-refractivity contribution in [2.24, 2.45) is 0 Å². The topological polar surface area (TPSA) is 63.6 Å². The molecule has 1 N–H and O–H groups in total. The minimum absolute atomic E-state index is 0.0224. The number of aryl methyl sites for hydroxylation is 1. The average molecular weight is 336 g/mol. The number of hydrogen-bond donors (Lipinski definition) is 1. The zero-order valence-corrected chi connectivity index (χ0v) is 14.1. The molecule has 0 aliphatic heterocycles. The van der Waals surface area contributed by atoms with Gasteiger partial charge in [0.1, 0.15) is 11.3 Å². The van der Waals surface area contributed by atoms with Gasteiger partial charge in [-0.1, -0.05) is 17.8 Å². The second-order valence-electron chi connectivity index (χ2n) is 6.42. The van der Waals surface area contributed by atoms with Crippen molar-refractivity contribution in [2.45, 2.75) is 32.1 Å². The van der Waals surface area contributed by atoms with E-state index in [0.29, 0.717) is 5.92 Å². The summed E-state index contributed by atoms with van der Waals surface area (Å²) in [6.07, 6.45) is 3.63. The lowest BCUT2D eigenvalue weighted by Gasteiger charge is -2.25. The van der Waals surface area contributed by atoms with Gasteiger partial charge < -0.3 is 4.98 Å². The number of imidazole rings is 1. The van der Waals surface area contributed by atoms with Crippen LogP contribution in [0, 0.1) is 6.92 Å². The van der Waals surface area contributed by atoms with Crippen LogP contribution in [0.4, 0.5) is 0 Å². The Morgan fingerprint density at radius 1 is 1.21 bits per heavy atom. The second kappa shape index (κ2) is 5.01. The van der Waals surface area contributed by atoms with E-state index in [0.717, 1.165) is 38.6 Å². The van der Waals surface area contributed by atoms with Crippen molar-refractivity contribution in [3.05, 3.63) is 51.5 Å². The Balaban J connectivity index is 1.81. The molecule has 0 spiro atoms. The molecule has 3 aromatic heterocycles. The number of nitrogens with one attached hydrogen (secondary N) is 1. The second-order valence-corrected chi connectivity index (χ2v) is 7.44. The normalized spacial score (nSPS) is 15.2. The molecule has 1 aliphatic carbocycles. The number of fused-ring (bicyclic) bond motifs is 2. The summed E-state index contributed by atoms with van der Waals surface area (Å²) in [5.74, 6) is 1.59. The van der Waals surface area contributed by atoms with Crippen LogP contribution in [0.25, 0.3) is 27.1 Å². The van der Waals surface area contributed by atoms with Crippen LogP contribution in [-0.2, 0) is 0 Å². The summed E-state index contributed by atoms with van der Waals surface area (Å²) in [6, 6.07) is 10.1. The molecule has 0 amide bonds. The van der Waals surface area contributed by atoms with E-state index >= 15 is 0 Å². The van der Waals surface area contributed by atoms with Crippen molar-refractivity contribution in [2.75, 3.05) is 0 Å². The molecular weight excluding hydrogens is 320 g/mol. The van der Waals surface area contributed by atoms with Gasteiger partial charge in [0.05, 0.1) is 15.9 Å². The van der Waals surface area contributed by atoms with E-state index in [-0.39, 0.29) is 4.87 Å². The first-order chi connectivity index (χ1) is 11.7. The van der Waals surface area contributed by atoms with E-state index in [9.17, 15) is 4.79 Å². The summed E-state index contributed by atoms with van der Waals surface area (Å²) in [6.45, 7) is 2.00. The highest BCUT2D eigenvalue weighted by Crippen LogP contribution is 2.38. The largest absolute Gasteiger partial charge is 0.312 e. The zero-order chi connectivity index (χ0) is 16.3. The maximum absolute atomic E-state index is 11.6. The molecule has 1 aromatic carbocycles. The third-order valence-electron chi connectivity index (χ3n) is 4.80. The summed E-state index contributed by atoms with van der Waals surface area (Å²) >= 11 is 1.24. The maximum Gasteiger partial charge on any atom is 0.305 e. The fourth-order valence-electron chi connectivity index (χ4n) is 3.34. The summed E-state index contributed by atoms with van der Waals surface area (Å²) < 4.78 is 3.14. The van der Waals surface area contributed by atoms with Gasteiger partial charge in [0, 0.05) is 11.6 Å². The van der Waals surface area contributed by atoms with Gasteiger partial charge in [0.2, 0.25) is 0 Å². The fourth-order valence-corrected chi connectivity index (χ4v) is 4.11. The van der Waals surface area contributed by atoms with E-state index in [1.165, 1.54) is 30.6 Å². The number of aromatic amines is 1. The fraction of sp³-hybridized carbons (Fsp3) is 0.278. The molecule has 0 radical (unpaired) electrons. The van der Waals surface area contributed by atoms with Crippen LogP contribution in [0.15, 0.2) is 35.1 Å². The molecule has 0 saturated heterocycles. The van der Waals surface area contributed by atoms with Gasteiger partial charge >= 0.3 is 4.87 Å². The molecule has 0 bridgehead atoms. The van der Waals surface area contributed by atoms with Gasteiger partial charge in [-0.05, 0) is 50.1 Å². The van der Waals surface area contributed by atoms with Crippen LogP contribution in [0.2, 0.25) is 0 Å². The third kappa shape index (κ3) is 2.03.